The van der Waals surface area contributed by atoms with Crippen LogP contribution in [-0.2, 0) is 11.2 Å². The number of hydrogen-bond donors (Lipinski definition) is 1. The van der Waals surface area contributed by atoms with Crippen molar-refractivity contribution in [3.05, 3.63) is 94.7 Å². The summed E-state index contributed by atoms with van der Waals surface area (Å²) in [6.45, 7) is 19.9. The predicted octanol–water partition coefficient (Wildman–Crippen LogP) is 11.5. The zero-order chi connectivity index (χ0) is 31.2. The van der Waals surface area contributed by atoms with Gasteiger partial charge in [0.05, 0.1) is 11.2 Å². The smallest absolute Gasteiger partial charge is 0.133 e. The third-order valence-electron chi connectivity index (χ3n) is 6.65. The van der Waals surface area contributed by atoms with Crippen molar-refractivity contribution >= 4 is 28.3 Å². The molecule has 3 rings (SSSR count). The Labute approximate surface area is 256 Å². The molecule has 0 saturated heterocycles. The molecule has 0 saturated carbocycles. The molecule has 1 aromatic heterocycles. The van der Waals surface area contributed by atoms with Gasteiger partial charge in [-0.2, -0.15) is 0 Å². The SMILES string of the molecule is C/C=C/CC(C)=O.C=CCCCCC.CC.CCCc1c(C(CCC)c2ccc(C)cc2)n(N)c2ccc(Cl)cc12. The molecule has 3 aromatic rings. The van der Waals surface area contributed by atoms with Gasteiger partial charge in [0, 0.05) is 22.7 Å². The van der Waals surface area contributed by atoms with E-state index in [0.717, 1.165) is 36.2 Å². The number of fused-ring (bicyclic) bond motifs is 1. The number of hydrogen-bond acceptors (Lipinski definition) is 2. The van der Waals surface area contributed by atoms with Crippen LogP contribution in [0.2, 0.25) is 5.02 Å². The van der Waals surface area contributed by atoms with E-state index in [1.165, 1.54) is 53.5 Å². The van der Waals surface area contributed by atoms with Crippen LogP contribution in [0.1, 0.15) is 128 Å². The molecule has 0 fully saturated rings. The Morgan fingerprint density at radius 1 is 1.02 bits per heavy atom. The number of benzene rings is 2. The molecule has 0 aliphatic rings. The Morgan fingerprint density at radius 2 is 1.68 bits per heavy atom. The molecule has 0 spiro atoms. The fraction of sp³-hybridized carbons (Fsp3) is 0.486. The first kappa shape index (κ1) is 38.2. The fourth-order valence-electron chi connectivity index (χ4n) is 4.64. The summed E-state index contributed by atoms with van der Waals surface area (Å²) >= 11 is 6.28. The summed E-state index contributed by atoms with van der Waals surface area (Å²) in [5.74, 6) is 7.12. The Bertz CT molecular complexity index is 1160. The molecular weight excluding hydrogens is 524 g/mol. The first-order valence-electron chi connectivity index (χ1n) is 15.6. The minimum atomic E-state index is 0.220. The van der Waals surface area contributed by atoms with Crippen molar-refractivity contribution in [2.75, 3.05) is 5.84 Å². The highest BCUT2D eigenvalue weighted by molar-refractivity contribution is 6.31. The number of rotatable bonds is 12. The number of halogens is 1. The second-order valence-electron chi connectivity index (χ2n) is 10.2. The summed E-state index contributed by atoms with van der Waals surface area (Å²) in [4.78, 5) is 10.2. The lowest BCUT2D eigenvalue weighted by Gasteiger charge is -2.20. The maximum Gasteiger partial charge on any atom is 0.133 e. The van der Waals surface area contributed by atoms with E-state index in [4.69, 9.17) is 17.4 Å². The first-order chi connectivity index (χ1) is 19.7. The Kier molecular flexibility index (Phi) is 21.3. The highest BCUT2D eigenvalue weighted by Crippen LogP contribution is 2.37. The second-order valence-corrected chi connectivity index (χ2v) is 10.6. The number of nitrogens with two attached hydrogens (primary N) is 1. The van der Waals surface area contributed by atoms with Crippen LogP contribution in [0.25, 0.3) is 10.9 Å². The predicted molar refractivity (Wildman–Crippen MR) is 185 cm³/mol. The lowest BCUT2D eigenvalue weighted by atomic mass is 9.87. The van der Waals surface area contributed by atoms with E-state index in [1.54, 1.807) is 6.92 Å². The summed E-state index contributed by atoms with van der Waals surface area (Å²) in [6.07, 6.45) is 15.8. The molecule has 0 aliphatic carbocycles. The van der Waals surface area contributed by atoms with Crippen LogP contribution >= 0.6 is 11.6 Å². The number of aromatic nitrogens is 1. The lowest BCUT2D eigenvalue weighted by molar-refractivity contribution is -0.116. The summed E-state index contributed by atoms with van der Waals surface area (Å²) in [5, 5.41) is 1.96. The number of Topliss-reactive ketones (excluding diaryl/α,β-unsaturated/α-hetero) is 1. The van der Waals surface area contributed by atoms with E-state index in [1.807, 2.05) is 55.8 Å². The molecule has 0 radical (unpaired) electrons. The molecule has 0 amide bonds. The van der Waals surface area contributed by atoms with Crippen LogP contribution in [0, 0.1) is 6.92 Å². The number of carbonyl (C=O) groups excluding carboxylic acids is 1. The third-order valence-corrected chi connectivity index (χ3v) is 6.89. The average Bonchev–Trinajstić information content (AvgIpc) is 3.23. The van der Waals surface area contributed by atoms with Gasteiger partial charge < -0.3 is 5.84 Å². The zero-order valence-electron chi connectivity index (χ0n) is 27.2. The summed E-state index contributed by atoms with van der Waals surface area (Å²) in [6, 6.07) is 14.9. The van der Waals surface area contributed by atoms with Gasteiger partial charge in [0.1, 0.15) is 5.78 Å². The quantitative estimate of drug-likeness (QED) is 0.131. The number of aryl methyl sites for hydroxylation is 2. The standard InChI is InChI=1S/C22H27ClN2.C7H14.C6H10O.C2H6/c1-4-6-18(16-10-8-15(3)9-11-16)22-19(7-5-2)20-14-17(23)12-13-21(20)25(22)24;1-3-5-7-6-4-2;1-3-4-5-6(2)7;1-2/h8-14,18H,4-7,24H2,1-3H3;3H,1,4-7H2,2H3;3-4H,5H2,1-2H3;1-2H3/b;;4-3+;. The van der Waals surface area contributed by atoms with E-state index in [0.29, 0.717) is 12.3 Å². The van der Waals surface area contributed by atoms with E-state index in [-0.39, 0.29) is 5.78 Å². The minimum Gasteiger partial charge on any atom is -0.339 e. The molecule has 2 aromatic carbocycles. The fourth-order valence-corrected chi connectivity index (χ4v) is 4.81. The van der Waals surface area contributed by atoms with Crippen LogP contribution in [0.5, 0.6) is 0 Å². The van der Waals surface area contributed by atoms with Crippen molar-refractivity contribution in [1.82, 2.24) is 4.68 Å². The third kappa shape index (κ3) is 13.6. The Morgan fingerprint density at radius 3 is 2.17 bits per heavy atom. The van der Waals surface area contributed by atoms with Gasteiger partial charge in [0.2, 0.25) is 0 Å². The highest BCUT2D eigenvalue weighted by atomic mass is 35.5. The van der Waals surface area contributed by atoms with Gasteiger partial charge in [-0.3, -0.25) is 9.47 Å². The van der Waals surface area contributed by atoms with Gasteiger partial charge in [0.25, 0.3) is 0 Å². The van der Waals surface area contributed by atoms with E-state index in [2.05, 4.69) is 64.6 Å². The maximum absolute atomic E-state index is 10.2. The molecule has 4 heteroatoms. The van der Waals surface area contributed by atoms with Crippen LogP contribution < -0.4 is 5.84 Å². The van der Waals surface area contributed by atoms with Crippen LogP contribution in [0.3, 0.4) is 0 Å². The molecule has 0 aliphatic heterocycles. The van der Waals surface area contributed by atoms with E-state index >= 15 is 0 Å². The summed E-state index contributed by atoms with van der Waals surface area (Å²) in [5.41, 5.74) is 6.28. The molecule has 1 unspecified atom stereocenters. The average molecular weight is 581 g/mol. The van der Waals surface area contributed by atoms with Crippen LogP contribution in [0.4, 0.5) is 0 Å². The molecule has 2 N–H and O–H groups in total. The maximum atomic E-state index is 10.2. The lowest BCUT2D eigenvalue weighted by Crippen LogP contribution is -2.17. The topological polar surface area (TPSA) is 48.0 Å². The second kappa shape index (κ2) is 22.9. The molecule has 1 atom stereocenters. The largest absolute Gasteiger partial charge is 0.339 e. The van der Waals surface area contributed by atoms with Crippen LogP contribution in [0.15, 0.2) is 67.3 Å². The van der Waals surface area contributed by atoms with Crippen molar-refractivity contribution < 1.29 is 4.79 Å². The van der Waals surface area contributed by atoms with Gasteiger partial charge in [-0.15, -0.1) is 6.58 Å². The normalized spacial score (nSPS) is 11.0. The monoisotopic (exact) mass is 580 g/mol. The minimum absolute atomic E-state index is 0.220. The number of nitrogens with zero attached hydrogens (tertiary/aromatic N) is 1. The molecule has 41 heavy (non-hydrogen) atoms. The molecule has 228 valence electrons. The zero-order valence-corrected chi connectivity index (χ0v) is 28.0. The van der Waals surface area contributed by atoms with Gasteiger partial charge >= 0.3 is 0 Å². The Balaban J connectivity index is 0.000000826. The van der Waals surface area contributed by atoms with Crippen LogP contribution in [-0.4, -0.2) is 10.5 Å². The van der Waals surface area contributed by atoms with Crippen molar-refractivity contribution in [2.45, 2.75) is 119 Å². The van der Waals surface area contributed by atoms with Gasteiger partial charge in [-0.05, 0) is 75.8 Å². The number of ketones is 1. The van der Waals surface area contributed by atoms with Crippen molar-refractivity contribution in [2.24, 2.45) is 0 Å². The van der Waals surface area contributed by atoms with E-state index in [9.17, 15) is 4.79 Å². The summed E-state index contributed by atoms with van der Waals surface area (Å²) < 4.78 is 1.90. The van der Waals surface area contributed by atoms with Gasteiger partial charge in [0.15, 0.2) is 0 Å². The molecule has 1 heterocycles. The van der Waals surface area contributed by atoms with Crippen molar-refractivity contribution in [1.29, 1.82) is 0 Å². The number of allylic oxidation sites excluding steroid dienone is 3. The molecule has 0 bridgehead atoms. The summed E-state index contributed by atoms with van der Waals surface area (Å²) in [7, 11) is 0. The molecule has 3 nitrogen and oxygen atoms in total. The number of unbranched alkanes of at least 4 members (excludes halogenated alkanes) is 3. The molecular formula is C37H57ClN2O. The van der Waals surface area contributed by atoms with Crippen molar-refractivity contribution in [3.63, 3.8) is 0 Å². The Hall–Kier alpha value is -2.78. The van der Waals surface area contributed by atoms with Gasteiger partial charge in [-0.1, -0.05) is 120 Å². The van der Waals surface area contributed by atoms with Crippen molar-refractivity contribution in [3.8, 4) is 0 Å². The van der Waals surface area contributed by atoms with Gasteiger partial charge in [-0.25, -0.2) is 0 Å². The first-order valence-corrected chi connectivity index (χ1v) is 16.0. The van der Waals surface area contributed by atoms with E-state index < -0.39 is 0 Å². The number of carbonyl (C=O) groups is 1. The highest BCUT2D eigenvalue weighted by Gasteiger charge is 2.24. The number of nitrogen functional groups attached to an aromatic ring is 1.